The molecule has 0 aliphatic carbocycles. The summed E-state index contributed by atoms with van der Waals surface area (Å²) in [5.74, 6) is 1.91. The Labute approximate surface area is 176 Å². The monoisotopic (exact) mass is 428 g/mol. The zero-order valence-corrected chi connectivity index (χ0v) is 18.2. The summed E-state index contributed by atoms with van der Waals surface area (Å²) in [5, 5.41) is 0. The highest BCUT2D eigenvalue weighted by Crippen LogP contribution is 2.51. The minimum atomic E-state index is -3.16. The molecule has 0 fully saturated rings. The van der Waals surface area contributed by atoms with Crippen LogP contribution < -0.4 is 9.47 Å². The van der Waals surface area contributed by atoms with Crippen molar-refractivity contribution < 1.29 is 23.1 Å². The van der Waals surface area contributed by atoms with E-state index in [1.165, 1.54) is 0 Å². The maximum atomic E-state index is 12.7. The summed E-state index contributed by atoms with van der Waals surface area (Å²) in [7, 11) is -1.62. The van der Waals surface area contributed by atoms with Gasteiger partial charge in [-0.05, 0) is 31.5 Å². The number of nitrogens with zero attached hydrogens (tertiary/aromatic N) is 2. The van der Waals surface area contributed by atoms with Crippen molar-refractivity contribution in [3.8, 4) is 28.9 Å². The molecular formula is C22H25N2O5P. The molecule has 1 heterocycles. The van der Waals surface area contributed by atoms with Crippen LogP contribution in [0, 0.1) is 0 Å². The van der Waals surface area contributed by atoms with Crippen LogP contribution in [0.25, 0.3) is 11.4 Å². The average Bonchev–Trinajstić information content (AvgIpc) is 2.75. The zero-order valence-electron chi connectivity index (χ0n) is 17.3. The first-order valence-electron chi connectivity index (χ1n) is 9.68. The van der Waals surface area contributed by atoms with E-state index in [1.807, 2.05) is 54.6 Å². The second kappa shape index (κ2) is 10.3. The van der Waals surface area contributed by atoms with E-state index in [9.17, 15) is 4.57 Å². The van der Waals surface area contributed by atoms with E-state index < -0.39 is 7.60 Å². The molecule has 1 aromatic heterocycles. The first kappa shape index (κ1) is 22.0. The van der Waals surface area contributed by atoms with E-state index in [1.54, 1.807) is 27.0 Å². The summed E-state index contributed by atoms with van der Waals surface area (Å²) in [6.07, 6.45) is 0.205. The second-order valence-electron chi connectivity index (χ2n) is 6.29. The first-order valence-corrected chi connectivity index (χ1v) is 11.4. The summed E-state index contributed by atoms with van der Waals surface area (Å²) in [5.41, 5.74) is 1.62. The highest BCUT2D eigenvalue weighted by Gasteiger charge is 2.24. The summed E-state index contributed by atoms with van der Waals surface area (Å²) in [6.45, 7) is 4.25. The van der Waals surface area contributed by atoms with Crippen molar-refractivity contribution in [2.45, 2.75) is 20.0 Å². The first-order chi connectivity index (χ1) is 14.5. The predicted molar refractivity (Wildman–Crippen MR) is 115 cm³/mol. The van der Waals surface area contributed by atoms with Crippen molar-refractivity contribution in [2.24, 2.45) is 0 Å². The summed E-state index contributed by atoms with van der Waals surface area (Å²) >= 11 is 0. The number of benzene rings is 2. The molecule has 30 heavy (non-hydrogen) atoms. The van der Waals surface area contributed by atoms with Crippen LogP contribution in [0.2, 0.25) is 0 Å². The Morgan fingerprint density at radius 2 is 1.50 bits per heavy atom. The van der Waals surface area contributed by atoms with Crippen molar-refractivity contribution in [1.29, 1.82) is 0 Å². The molecule has 0 aliphatic rings. The Balaban J connectivity index is 1.83. The summed E-state index contributed by atoms with van der Waals surface area (Å²) < 4.78 is 34.6. The molecule has 0 saturated carbocycles. The topological polar surface area (TPSA) is 79.8 Å². The molecule has 2 aromatic carbocycles. The van der Waals surface area contributed by atoms with Gasteiger partial charge in [0.1, 0.15) is 5.75 Å². The van der Waals surface area contributed by atoms with Gasteiger partial charge in [0, 0.05) is 5.56 Å². The minimum Gasteiger partial charge on any atom is -0.481 e. The van der Waals surface area contributed by atoms with Gasteiger partial charge >= 0.3 is 7.60 Å². The van der Waals surface area contributed by atoms with Crippen molar-refractivity contribution in [2.75, 3.05) is 20.3 Å². The van der Waals surface area contributed by atoms with Crippen molar-refractivity contribution in [3.05, 3.63) is 66.2 Å². The fourth-order valence-corrected chi connectivity index (χ4v) is 4.51. The SMILES string of the molecule is CCOP(=O)(Cc1ccc(-c2nc(OC)cc(Oc3ccccc3)n2)cc1)OCC. The lowest BCUT2D eigenvalue weighted by Crippen LogP contribution is -1.99. The van der Waals surface area contributed by atoms with Gasteiger partial charge in [-0.2, -0.15) is 9.97 Å². The second-order valence-corrected chi connectivity index (χ2v) is 8.34. The molecule has 0 unspecified atom stereocenters. The van der Waals surface area contributed by atoms with Gasteiger partial charge in [-0.1, -0.05) is 42.5 Å². The van der Waals surface area contributed by atoms with E-state index in [0.717, 1.165) is 11.1 Å². The minimum absolute atomic E-state index is 0.205. The van der Waals surface area contributed by atoms with E-state index in [2.05, 4.69) is 9.97 Å². The van der Waals surface area contributed by atoms with Gasteiger partial charge in [0.25, 0.3) is 0 Å². The molecule has 0 N–H and O–H groups in total. The van der Waals surface area contributed by atoms with Crippen molar-refractivity contribution in [3.63, 3.8) is 0 Å². The van der Waals surface area contributed by atoms with E-state index in [-0.39, 0.29) is 6.16 Å². The van der Waals surface area contributed by atoms with Crippen LogP contribution >= 0.6 is 7.60 Å². The lowest BCUT2D eigenvalue weighted by Gasteiger charge is -2.17. The van der Waals surface area contributed by atoms with Crippen LogP contribution in [0.4, 0.5) is 0 Å². The Morgan fingerprint density at radius 1 is 0.867 bits per heavy atom. The fraction of sp³-hybridized carbons (Fsp3) is 0.273. The third kappa shape index (κ3) is 5.89. The van der Waals surface area contributed by atoms with Crippen LogP contribution in [0.5, 0.6) is 17.5 Å². The molecule has 0 aliphatic heterocycles. The van der Waals surface area contributed by atoms with Gasteiger partial charge in [-0.3, -0.25) is 4.57 Å². The van der Waals surface area contributed by atoms with Crippen LogP contribution in [0.15, 0.2) is 60.7 Å². The molecule has 0 radical (unpaired) electrons. The molecule has 7 nitrogen and oxygen atoms in total. The number of rotatable bonds is 10. The maximum absolute atomic E-state index is 12.7. The molecule has 8 heteroatoms. The highest BCUT2D eigenvalue weighted by atomic mass is 31.2. The Morgan fingerprint density at radius 3 is 2.10 bits per heavy atom. The lowest BCUT2D eigenvalue weighted by atomic mass is 10.1. The zero-order chi connectivity index (χ0) is 21.4. The number of methoxy groups -OCH3 is 1. The van der Waals surface area contributed by atoms with Crippen LogP contribution in [-0.4, -0.2) is 30.3 Å². The molecule has 3 aromatic rings. The van der Waals surface area contributed by atoms with Crippen molar-refractivity contribution in [1.82, 2.24) is 9.97 Å². The largest absolute Gasteiger partial charge is 0.481 e. The third-order valence-corrected chi connectivity index (χ3v) is 6.15. The quantitative estimate of drug-likeness (QED) is 0.383. The Hall–Kier alpha value is -2.73. The van der Waals surface area contributed by atoms with Gasteiger partial charge < -0.3 is 18.5 Å². The van der Waals surface area contributed by atoms with Crippen molar-refractivity contribution >= 4 is 7.60 Å². The summed E-state index contributed by atoms with van der Waals surface area (Å²) in [4.78, 5) is 8.90. The summed E-state index contributed by atoms with van der Waals surface area (Å²) in [6, 6.07) is 18.4. The molecule has 3 rings (SSSR count). The highest BCUT2D eigenvalue weighted by molar-refractivity contribution is 7.53. The number of aromatic nitrogens is 2. The smallest absolute Gasteiger partial charge is 0.335 e. The van der Waals surface area contributed by atoms with Gasteiger partial charge in [-0.25, -0.2) is 0 Å². The molecule has 158 valence electrons. The average molecular weight is 428 g/mol. The number of hydrogen-bond donors (Lipinski definition) is 0. The Bertz CT molecular complexity index is 986. The standard InChI is InChI=1S/C22H25N2O5P/c1-4-27-30(25,28-5-2)16-17-11-13-18(14-12-17)22-23-20(26-3)15-21(24-22)29-19-9-7-6-8-10-19/h6-15H,4-5,16H2,1-3H3. The number of ether oxygens (including phenoxy) is 2. The van der Waals surface area contributed by atoms with Gasteiger partial charge in [-0.15, -0.1) is 0 Å². The van der Waals surface area contributed by atoms with Crippen LogP contribution in [-0.2, 0) is 19.8 Å². The fourth-order valence-electron chi connectivity index (χ4n) is 2.80. The molecule has 0 spiro atoms. The van der Waals surface area contributed by atoms with E-state index in [0.29, 0.717) is 36.5 Å². The van der Waals surface area contributed by atoms with Crippen LogP contribution in [0.1, 0.15) is 19.4 Å². The third-order valence-electron chi connectivity index (χ3n) is 4.09. The lowest BCUT2D eigenvalue weighted by molar-refractivity contribution is 0.219. The number of para-hydroxylation sites is 1. The van der Waals surface area contributed by atoms with E-state index in [4.69, 9.17) is 18.5 Å². The molecule has 0 saturated heterocycles. The van der Waals surface area contributed by atoms with Gasteiger partial charge in [0.05, 0.1) is 32.6 Å². The van der Waals surface area contributed by atoms with E-state index >= 15 is 0 Å². The van der Waals surface area contributed by atoms with Gasteiger partial charge in [0.15, 0.2) is 5.82 Å². The molecular weight excluding hydrogens is 403 g/mol. The van der Waals surface area contributed by atoms with Gasteiger partial charge in [0.2, 0.25) is 11.8 Å². The maximum Gasteiger partial charge on any atom is 0.335 e. The Kier molecular flexibility index (Phi) is 7.57. The molecule has 0 amide bonds. The molecule has 0 atom stereocenters. The number of hydrogen-bond acceptors (Lipinski definition) is 7. The van der Waals surface area contributed by atoms with Crippen LogP contribution in [0.3, 0.4) is 0 Å². The predicted octanol–water partition coefficient (Wildman–Crippen LogP) is 5.71. The normalized spacial score (nSPS) is 11.3. The molecule has 0 bridgehead atoms.